The summed E-state index contributed by atoms with van der Waals surface area (Å²) in [4.78, 5) is 26.5. The van der Waals surface area contributed by atoms with Crippen molar-refractivity contribution >= 4 is 28.3 Å². The molecular formula is C36H42F3N5O. The topological polar surface area (TPSA) is 54.3 Å². The number of carbonyl (C=O) groups excluding carboxylic acids is 1. The number of hydrogen-bond acceptors (Lipinski definition) is 5. The van der Waals surface area contributed by atoms with Crippen LogP contribution >= 0.6 is 0 Å². The molecule has 0 N–H and O–H groups in total. The van der Waals surface area contributed by atoms with E-state index >= 15 is 0 Å². The Labute approximate surface area is 263 Å². The van der Waals surface area contributed by atoms with Gasteiger partial charge in [-0.1, -0.05) is 12.6 Å². The van der Waals surface area contributed by atoms with E-state index in [1.54, 1.807) is 6.92 Å². The summed E-state index contributed by atoms with van der Waals surface area (Å²) in [6.45, 7) is 23.2. The maximum atomic E-state index is 14.8. The second kappa shape index (κ2) is 11.0. The fourth-order valence-corrected chi connectivity index (χ4v) is 6.54. The highest BCUT2D eigenvalue weighted by Gasteiger charge is 2.36. The first-order chi connectivity index (χ1) is 20.8. The molecule has 0 aliphatic carbocycles. The van der Waals surface area contributed by atoms with Crippen LogP contribution in [0, 0.1) is 19.7 Å². The second-order valence-corrected chi connectivity index (χ2v) is 13.9. The van der Waals surface area contributed by atoms with Crippen LogP contribution in [0.5, 0.6) is 0 Å². The van der Waals surface area contributed by atoms with Gasteiger partial charge in [-0.2, -0.15) is 0 Å². The Morgan fingerprint density at radius 3 is 2.24 bits per heavy atom. The standard InChI is InChI=1S/C36H42F3N5O/c1-21-17-31(40-22(2)32(21)24(4)45)42-15-16-43(35(8,9)20-42)23(3)30-14-12-26-27(19-44(33(26)41-30)34(5,6)7)25-11-13-28(29(37)18-25)36(10,38)39/h11-14,17-19H,3,15-16,20H2,1-2,4-10H3. The van der Waals surface area contributed by atoms with E-state index in [-0.39, 0.29) is 16.9 Å². The number of halogens is 3. The summed E-state index contributed by atoms with van der Waals surface area (Å²) in [6, 6.07) is 9.74. The quantitative estimate of drug-likeness (QED) is 0.203. The van der Waals surface area contributed by atoms with Gasteiger partial charge in [0.15, 0.2) is 5.78 Å². The maximum Gasteiger partial charge on any atom is 0.273 e. The Hall–Kier alpha value is -4.14. The van der Waals surface area contributed by atoms with Crippen molar-refractivity contribution in [2.45, 2.75) is 79.3 Å². The van der Waals surface area contributed by atoms with E-state index in [9.17, 15) is 18.0 Å². The van der Waals surface area contributed by atoms with Gasteiger partial charge in [0.05, 0.1) is 28.2 Å². The average Bonchev–Trinajstić information content (AvgIpc) is 3.30. The summed E-state index contributed by atoms with van der Waals surface area (Å²) in [7, 11) is 0. The maximum absolute atomic E-state index is 14.8. The summed E-state index contributed by atoms with van der Waals surface area (Å²) < 4.78 is 44.6. The molecule has 0 amide bonds. The molecule has 9 heteroatoms. The van der Waals surface area contributed by atoms with Crippen LogP contribution in [0.25, 0.3) is 27.9 Å². The van der Waals surface area contributed by atoms with Crippen LogP contribution in [0.4, 0.5) is 19.0 Å². The molecule has 4 heterocycles. The fraction of sp³-hybridized carbons (Fsp3) is 0.417. The largest absolute Gasteiger partial charge is 0.362 e. The molecule has 1 saturated heterocycles. The van der Waals surface area contributed by atoms with E-state index in [1.807, 2.05) is 42.8 Å². The van der Waals surface area contributed by atoms with Gasteiger partial charge in [0.1, 0.15) is 17.3 Å². The number of piperazine rings is 1. The van der Waals surface area contributed by atoms with Crippen LogP contribution in [-0.4, -0.2) is 50.4 Å². The minimum Gasteiger partial charge on any atom is -0.362 e. The number of anilines is 1. The number of aryl methyl sites for hydroxylation is 2. The minimum absolute atomic E-state index is 0.0194. The van der Waals surface area contributed by atoms with Crippen LogP contribution < -0.4 is 4.90 Å². The molecule has 1 aromatic carbocycles. The van der Waals surface area contributed by atoms with Crippen molar-refractivity contribution in [2.24, 2.45) is 0 Å². The first-order valence-electron chi connectivity index (χ1n) is 15.2. The molecule has 0 atom stereocenters. The van der Waals surface area contributed by atoms with Crippen LogP contribution in [0.15, 0.2) is 49.2 Å². The molecule has 238 valence electrons. The molecule has 6 nitrogen and oxygen atoms in total. The summed E-state index contributed by atoms with van der Waals surface area (Å²) in [5, 5.41) is 0.798. The first-order valence-corrected chi connectivity index (χ1v) is 15.2. The van der Waals surface area contributed by atoms with Gasteiger partial charge in [-0.05, 0) is 96.8 Å². The Balaban J connectivity index is 1.48. The lowest BCUT2D eigenvalue weighted by atomic mass is 9.96. The lowest BCUT2D eigenvalue weighted by molar-refractivity contribution is 0.0138. The molecule has 3 aromatic heterocycles. The van der Waals surface area contributed by atoms with Crippen LogP contribution in [-0.2, 0) is 11.5 Å². The van der Waals surface area contributed by atoms with E-state index in [0.717, 1.165) is 52.0 Å². The third-order valence-corrected chi connectivity index (χ3v) is 8.71. The van der Waals surface area contributed by atoms with Crippen LogP contribution in [0.1, 0.15) is 81.3 Å². The molecular weight excluding hydrogens is 575 g/mol. The number of aromatic nitrogens is 3. The Bertz CT molecular complexity index is 1800. The molecule has 1 aliphatic heterocycles. The van der Waals surface area contributed by atoms with Gasteiger partial charge in [-0.25, -0.2) is 23.1 Å². The second-order valence-electron chi connectivity index (χ2n) is 13.9. The Kier molecular flexibility index (Phi) is 7.91. The third-order valence-electron chi connectivity index (χ3n) is 8.71. The number of Topliss-reactive ketones (excluding diaryl/α,β-unsaturated/α-hetero) is 1. The van der Waals surface area contributed by atoms with Gasteiger partial charge < -0.3 is 14.4 Å². The molecule has 0 saturated carbocycles. The molecule has 0 spiro atoms. The van der Waals surface area contributed by atoms with Crippen LogP contribution in [0.2, 0.25) is 0 Å². The molecule has 1 fully saturated rings. The molecule has 0 bridgehead atoms. The van der Waals surface area contributed by atoms with E-state index in [2.05, 4.69) is 51.0 Å². The van der Waals surface area contributed by atoms with Crippen LogP contribution in [0.3, 0.4) is 0 Å². The molecule has 4 aromatic rings. The Morgan fingerprint density at radius 2 is 1.69 bits per heavy atom. The summed E-state index contributed by atoms with van der Waals surface area (Å²) in [5.41, 5.74) is 4.50. The number of alkyl halides is 2. The zero-order valence-corrected chi connectivity index (χ0v) is 27.6. The molecule has 1 aliphatic rings. The van der Waals surface area contributed by atoms with Crippen molar-refractivity contribution in [1.82, 2.24) is 19.4 Å². The Morgan fingerprint density at radius 1 is 1.00 bits per heavy atom. The van der Waals surface area contributed by atoms with Gasteiger partial charge in [-0.3, -0.25) is 4.79 Å². The lowest BCUT2D eigenvalue weighted by Crippen LogP contribution is -2.58. The van der Waals surface area contributed by atoms with E-state index in [4.69, 9.17) is 9.97 Å². The number of benzene rings is 1. The number of ketones is 1. The van der Waals surface area contributed by atoms with E-state index in [0.29, 0.717) is 36.8 Å². The lowest BCUT2D eigenvalue weighted by Gasteiger charge is -2.49. The molecule has 0 radical (unpaired) electrons. The van der Waals surface area contributed by atoms with Gasteiger partial charge in [-0.15, -0.1) is 0 Å². The number of pyridine rings is 2. The summed E-state index contributed by atoms with van der Waals surface area (Å²) in [5.74, 6) is -3.33. The van der Waals surface area contributed by atoms with Gasteiger partial charge in [0.25, 0.3) is 5.92 Å². The smallest absolute Gasteiger partial charge is 0.273 e. The van der Waals surface area contributed by atoms with Crippen molar-refractivity contribution < 1.29 is 18.0 Å². The fourth-order valence-electron chi connectivity index (χ4n) is 6.54. The predicted molar refractivity (Wildman–Crippen MR) is 175 cm³/mol. The monoisotopic (exact) mass is 617 g/mol. The van der Waals surface area contributed by atoms with Gasteiger partial charge >= 0.3 is 0 Å². The van der Waals surface area contributed by atoms with Crippen molar-refractivity contribution in [3.63, 3.8) is 0 Å². The highest BCUT2D eigenvalue weighted by molar-refractivity contribution is 5.97. The third kappa shape index (κ3) is 5.97. The van der Waals surface area contributed by atoms with E-state index in [1.165, 1.54) is 12.1 Å². The normalized spacial score (nSPS) is 15.6. The van der Waals surface area contributed by atoms with Crippen molar-refractivity contribution in [3.8, 4) is 11.1 Å². The summed E-state index contributed by atoms with van der Waals surface area (Å²) in [6.07, 6.45) is 1.92. The van der Waals surface area contributed by atoms with Crippen molar-refractivity contribution in [1.29, 1.82) is 0 Å². The SMILES string of the molecule is C=C(c1ccc2c(-c3ccc(C(C)(F)F)c(F)c3)cn(C(C)(C)C)c2n1)N1CCN(c2cc(C)c(C(C)=O)c(C)n2)CC1(C)C. The molecule has 5 rings (SSSR count). The number of fused-ring (bicyclic) bond motifs is 1. The minimum atomic E-state index is -3.27. The van der Waals surface area contributed by atoms with Gasteiger partial charge in [0, 0.05) is 54.8 Å². The highest BCUT2D eigenvalue weighted by Crippen LogP contribution is 2.38. The number of nitrogens with zero attached hydrogens (tertiary/aromatic N) is 5. The summed E-state index contributed by atoms with van der Waals surface area (Å²) >= 11 is 0. The van der Waals surface area contributed by atoms with E-state index < -0.39 is 17.3 Å². The molecule has 45 heavy (non-hydrogen) atoms. The number of rotatable bonds is 6. The first kappa shape index (κ1) is 32.3. The molecule has 0 unspecified atom stereocenters. The number of hydrogen-bond donors (Lipinski definition) is 0. The zero-order valence-electron chi connectivity index (χ0n) is 27.6. The zero-order chi connectivity index (χ0) is 33.2. The number of carbonyl (C=O) groups is 1. The van der Waals surface area contributed by atoms with Gasteiger partial charge in [0.2, 0.25) is 0 Å². The predicted octanol–water partition coefficient (Wildman–Crippen LogP) is 8.50. The highest BCUT2D eigenvalue weighted by atomic mass is 19.3. The average molecular weight is 618 g/mol. The van der Waals surface area contributed by atoms with Crippen molar-refractivity contribution in [2.75, 3.05) is 24.5 Å². The van der Waals surface area contributed by atoms with Crippen molar-refractivity contribution in [3.05, 3.63) is 83.1 Å².